The van der Waals surface area contributed by atoms with E-state index in [9.17, 15) is 4.79 Å². The number of amides is 1. The minimum absolute atomic E-state index is 0.0370. The Bertz CT molecular complexity index is 297. The Balaban J connectivity index is 2.23. The second-order valence-electron chi connectivity index (χ2n) is 2.94. The summed E-state index contributed by atoms with van der Waals surface area (Å²) in [5.41, 5.74) is 0. The van der Waals surface area contributed by atoms with Gasteiger partial charge in [0.1, 0.15) is 6.33 Å². The van der Waals surface area contributed by atoms with Crippen LogP contribution in [0.5, 0.6) is 0 Å². The summed E-state index contributed by atoms with van der Waals surface area (Å²) in [6, 6.07) is 0. The van der Waals surface area contributed by atoms with Gasteiger partial charge in [-0.1, -0.05) is 0 Å². The summed E-state index contributed by atoms with van der Waals surface area (Å²) >= 11 is 0. The number of carbonyl (C=O) groups excluding carboxylic acids is 1. The third-order valence-corrected chi connectivity index (χ3v) is 1.65. The summed E-state index contributed by atoms with van der Waals surface area (Å²) in [7, 11) is 1.77. The number of nitrogens with one attached hydrogen (secondary N) is 1. The van der Waals surface area contributed by atoms with Gasteiger partial charge in [0, 0.05) is 20.1 Å². The maximum Gasteiger partial charge on any atom is 0.220 e. The zero-order valence-electron chi connectivity index (χ0n) is 8.10. The molecule has 6 heteroatoms. The highest BCUT2D eigenvalue weighted by Crippen LogP contribution is 1.90. The largest absolute Gasteiger partial charge is 0.396 e. The van der Waals surface area contributed by atoms with Crippen molar-refractivity contribution in [3.63, 3.8) is 0 Å². The minimum Gasteiger partial charge on any atom is -0.396 e. The molecular formula is C8H14N4O2. The lowest BCUT2D eigenvalue weighted by molar-refractivity contribution is -0.121. The van der Waals surface area contributed by atoms with Gasteiger partial charge < -0.3 is 10.4 Å². The summed E-state index contributed by atoms with van der Waals surface area (Å²) in [4.78, 5) is 15.1. The Hall–Kier alpha value is -1.43. The van der Waals surface area contributed by atoms with Gasteiger partial charge in [-0.2, -0.15) is 5.10 Å². The van der Waals surface area contributed by atoms with Crippen LogP contribution < -0.4 is 5.32 Å². The van der Waals surface area contributed by atoms with E-state index < -0.39 is 0 Å². The lowest BCUT2D eigenvalue weighted by Gasteiger charge is -2.00. The summed E-state index contributed by atoms with van der Waals surface area (Å²) in [5, 5.41) is 15.2. The highest BCUT2D eigenvalue weighted by atomic mass is 16.3. The topological polar surface area (TPSA) is 80.0 Å². The van der Waals surface area contributed by atoms with Gasteiger partial charge in [0.25, 0.3) is 0 Å². The third kappa shape index (κ3) is 3.53. The second kappa shape index (κ2) is 5.33. The number of aryl methyl sites for hydroxylation is 1. The van der Waals surface area contributed by atoms with Crippen LogP contribution in [0.4, 0.5) is 0 Å². The normalized spacial score (nSPS) is 10.1. The van der Waals surface area contributed by atoms with Gasteiger partial charge in [0.05, 0.1) is 6.54 Å². The van der Waals surface area contributed by atoms with Crippen molar-refractivity contribution in [3.05, 3.63) is 12.2 Å². The molecule has 0 atom stereocenters. The molecule has 0 saturated carbocycles. The highest BCUT2D eigenvalue weighted by Gasteiger charge is 2.02. The minimum atomic E-state index is -0.0912. The maximum absolute atomic E-state index is 11.1. The summed E-state index contributed by atoms with van der Waals surface area (Å²) < 4.78 is 1.58. The fourth-order valence-corrected chi connectivity index (χ4v) is 0.971. The van der Waals surface area contributed by atoms with Crippen LogP contribution >= 0.6 is 0 Å². The molecule has 1 rings (SSSR count). The molecule has 2 N–H and O–H groups in total. The average molecular weight is 198 g/mol. The van der Waals surface area contributed by atoms with Gasteiger partial charge >= 0.3 is 0 Å². The molecule has 0 unspecified atom stereocenters. The fraction of sp³-hybridized carbons (Fsp3) is 0.625. The molecule has 14 heavy (non-hydrogen) atoms. The van der Waals surface area contributed by atoms with Crippen LogP contribution in [0.3, 0.4) is 0 Å². The first-order chi connectivity index (χ1) is 6.72. The molecule has 0 aliphatic heterocycles. The predicted octanol–water partition coefficient (Wildman–Crippen LogP) is -0.796. The van der Waals surface area contributed by atoms with Crippen LogP contribution in [0.15, 0.2) is 6.33 Å². The number of nitrogens with zero attached hydrogens (tertiary/aromatic N) is 3. The first-order valence-electron chi connectivity index (χ1n) is 4.44. The number of aliphatic hydroxyl groups excluding tert-OH is 1. The van der Waals surface area contributed by atoms with Crippen LogP contribution in [0.2, 0.25) is 0 Å². The van der Waals surface area contributed by atoms with Crippen molar-refractivity contribution in [1.82, 2.24) is 20.1 Å². The van der Waals surface area contributed by atoms with Crippen molar-refractivity contribution >= 4 is 5.91 Å². The van der Waals surface area contributed by atoms with Gasteiger partial charge in [0.2, 0.25) is 5.91 Å². The number of hydrogen-bond donors (Lipinski definition) is 2. The molecule has 0 radical (unpaired) electrons. The Kier molecular flexibility index (Phi) is 4.06. The quantitative estimate of drug-likeness (QED) is 0.649. The Morgan fingerprint density at radius 3 is 3.07 bits per heavy atom. The van der Waals surface area contributed by atoms with Crippen LogP contribution in [0.25, 0.3) is 0 Å². The molecule has 6 nitrogen and oxygen atoms in total. The van der Waals surface area contributed by atoms with Crippen LogP contribution in [0, 0.1) is 0 Å². The summed E-state index contributed by atoms with van der Waals surface area (Å²) in [5.74, 6) is 0.497. The van der Waals surface area contributed by atoms with E-state index in [4.69, 9.17) is 5.11 Å². The standard InChI is InChI=1S/C8H14N4O2/c1-12-6-10-7(11-12)5-9-8(14)3-2-4-13/h6,13H,2-5H2,1H3,(H,9,14). The molecule has 0 fully saturated rings. The van der Waals surface area contributed by atoms with Gasteiger partial charge in [-0.3, -0.25) is 9.48 Å². The molecule has 1 amide bonds. The van der Waals surface area contributed by atoms with E-state index in [1.165, 1.54) is 0 Å². The summed E-state index contributed by atoms with van der Waals surface area (Å²) in [6.45, 7) is 0.375. The molecule has 78 valence electrons. The van der Waals surface area contributed by atoms with E-state index in [1.54, 1.807) is 18.1 Å². The van der Waals surface area contributed by atoms with Crippen molar-refractivity contribution in [3.8, 4) is 0 Å². The fourth-order valence-electron chi connectivity index (χ4n) is 0.971. The zero-order chi connectivity index (χ0) is 10.4. The van der Waals surface area contributed by atoms with Crippen LogP contribution in [0.1, 0.15) is 18.7 Å². The molecule has 0 spiro atoms. The van der Waals surface area contributed by atoms with Crippen molar-refractivity contribution < 1.29 is 9.90 Å². The molecule has 0 aliphatic rings. The van der Waals surface area contributed by atoms with E-state index in [0.29, 0.717) is 25.2 Å². The van der Waals surface area contributed by atoms with Crippen LogP contribution in [-0.4, -0.2) is 32.4 Å². The molecule has 1 aromatic heterocycles. The van der Waals surface area contributed by atoms with E-state index >= 15 is 0 Å². The predicted molar refractivity (Wildman–Crippen MR) is 49.2 cm³/mol. The Labute approximate surface area is 82.0 Å². The Morgan fingerprint density at radius 1 is 1.71 bits per heavy atom. The second-order valence-corrected chi connectivity index (χ2v) is 2.94. The smallest absolute Gasteiger partial charge is 0.220 e. The third-order valence-electron chi connectivity index (χ3n) is 1.65. The number of carbonyl (C=O) groups is 1. The monoisotopic (exact) mass is 198 g/mol. The average Bonchev–Trinajstić information content (AvgIpc) is 2.58. The maximum atomic E-state index is 11.1. The highest BCUT2D eigenvalue weighted by molar-refractivity contribution is 5.75. The molecule has 0 saturated heterocycles. The van der Waals surface area contributed by atoms with Gasteiger partial charge in [-0.05, 0) is 6.42 Å². The first kappa shape index (κ1) is 10.6. The van der Waals surface area contributed by atoms with E-state index in [-0.39, 0.29) is 12.5 Å². The van der Waals surface area contributed by atoms with Crippen molar-refractivity contribution in [2.45, 2.75) is 19.4 Å². The van der Waals surface area contributed by atoms with Gasteiger partial charge in [-0.25, -0.2) is 4.98 Å². The number of aromatic nitrogens is 3. The SMILES string of the molecule is Cn1cnc(CNC(=O)CCCO)n1. The van der Waals surface area contributed by atoms with Crippen molar-refractivity contribution in [2.75, 3.05) is 6.61 Å². The van der Waals surface area contributed by atoms with Gasteiger partial charge in [-0.15, -0.1) is 0 Å². The first-order valence-corrected chi connectivity index (χ1v) is 4.44. The van der Waals surface area contributed by atoms with Crippen molar-refractivity contribution in [2.24, 2.45) is 7.05 Å². The lowest BCUT2D eigenvalue weighted by Crippen LogP contribution is -2.23. The van der Waals surface area contributed by atoms with E-state index in [2.05, 4.69) is 15.4 Å². The van der Waals surface area contributed by atoms with Crippen molar-refractivity contribution in [1.29, 1.82) is 0 Å². The van der Waals surface area contributed by atoms with Crippen LogP contribution in [-0.2, 0) is 18.4 Å². The van der Waals surface area contributed by atoms with Gasteiger partial charge in [0.15, 0.2) is 5.82 Å². The number of rotatable bonds is 5. The molecule has 1 aromatic rings. The van der Waals surface area contributed by atoms with E-state index in [1.807, 2.05) is 0 Å². The lowest BCUT2D eigenvalue weighted by atomic mass is 10.3. The molecule has 0 aliphatic carbocycles. The number of aliphatic hydroxyl groups is 1. The zero-order valence-corrected chi connectivity index (χ0v) is 8.10. The summed E-state index contributed by atoms with van der Waals surface area (Å²) in [6.07, 6.45) is 2.40. The van der Waals surface area contributed by atoms with E-state index in [0.717, 1.165) is 0 Å². The molecule has 0 aromatic carbocycles. The molecular weight excluding hydrogens is 184 g/mol. The Morgan fingerprint density at radius 2 is 2.50 bits per heavy atom. The molecule has 1 heterocycles. The number of hydrogen-bond acceptors (Lipinski definition) is 4. The molecule has 0 bridgehead atoms.